The van der Waals surface area contributed by atoms with Gasteiger partial charge in [-0.25, -0.2) is 4.98 Å². The van der Waals surface area contributed by atoms with Crippen LogP contribution in [0.1, 0.15) is 5.56 Å². The van der Waals surface area contributed by atoms with Gasteiger partial charge in [-0.2, -0.15) is 0 Å². The quantitative estimate of drug-likeness (QED) is 0.524. The Balaban J connectivity index is 1.34. The van der Waals surface area contributed by atoms with Gasteiger partial charge in [0.1, 0.15) is 5.65 Å². The summed E-state index contributed by atoms with van der Waals surface area (Å²) in [5, 5.41) is 6.86. The number of benzene rings is 2. The average molecular weight is 408 g/mol. The lowest BCUT2D eigenvalue weighted by atomic mass is 10.0. The van der Waals surface area contributed by atoms with Crippen molar-refractivity contribution >= 4 is 23.1 Å². The van der Waals surface area contributed by atoms with E-state index >= 15 is 0 Å². The van der Waals surface area contributed by atoms with Crippen molar-refractivity contribution in [2.24, 2.45) is 0 Å². The summed E-state index contributed by atoms with van der Waals surface area (Å²) in [7, 11) is 0. The van der Waals surface area contributed by atoms with Crippen LogP contribution in [-0.4, -0.2) is 42.1 Å². The number of rotatable bonds is 3. The van der Waals surface area contributed by atoms with Crippen LogP contribution in [0.5, 0.6) is 0 Å². The molecule has 1 fully saturated rings. The van der Waals surface area contributed by atoms with E-state index in [1.165, 1.54) is 33.6 Å². The van der Waals surface area contributed by atoms with Gasteiger partial charge in [-0.15, -0.1) is 0 Å². The van der Waals surface area contributed by atoms with Crippen LogP contribution in [0.4, 0.5) is 11.4 Å². The molecule has 0 atom stereocenters. The largest absolute Gasteiger partial charge is 0.381 e. The minimum atomic E-state index is 0.875. The minimum Gasteiger partial charge on any atom is -0.381 e. The summed E-state index contributed by atoms with van der Waals surface area (Å²) in [6.45, 7) is 5.11. The Kier molecular flexibility index (Phi) is 4.47. The predicted octanol–water partition coefficient (Wildman–Crippen LogP) is 4.52. The van der Waals surface area contributed by atoms with E-state index in [0.29, 0.717) is 0 Å². The summed E-state index contributed by atoms with van der Waals surface area (Å²) in [4.78, 5) is 7.16. The Hall–Kier alpha value is -3.57. The molecule has 2 aromatic heterocycles. The Morgan fingerprint density at radius 2 is 1.77 bits per heavy atom. The molecule has 2 aliphatic heterocycles. The van der Waals surface area contributed by atoms with E-state index < -0.39 is 0 Å². The Labute approximate surface area is 182 Å². The SMILES string of the molecule is C1=Cc2c(cccc2-c2cnc3cc(-c4ccc(N5CCNCC5)cc4)ccn23)NC1. The second-order valence-corrected chi connectivity index (χ2v) is 8.12. The van der Waals surface area contributed by atoms with Crippen molar-refractivity contribution in [1.29, 1.82) is 0 Å². The fraction of sp³-hybridized carbons (Fsp3) is 0.192. The summed E-state index contributed by atoms with van der Waals surface area (Å²) >= 11 is 0. The molecule has 154 valence electrons. The van der Waals surface area contributed by atoms with Gasteiger partial charge in [0.2, 0.25) is 0 Å². The molecule has 0 spiro atoms. The summed E-state index contributed by atoms with van der Waals surface area (Å²) in [5.41, 5.74) is 9.37. The third kappa shape index (κ3) is 3.27. The molecule has 2 N–H and O–H groups in total. The highest BCUT2D eigenvalue weighted by Gasteiger charge is 2.14. The minimum absolute atomic E-state index is 0.875. The lowest BCUT2D eigenvalue weighted by Crippen LogP contribution is -2.43. The first-order valence-electron chi connectivity index (χ1n) is 10.9. The highest BCUT2D eigenvalue weighted by molar-refractivity contribution is 5.84. The fourth-order valence-corrected chi connectivity index (χ4v) is 4.62. The van der Waals surface area contributed by atoms with Crippen molar-refractivity contribution in [3.8, 4) is 22.4 Å². The van der Waals surface area contributed by atoms with E-state index in [2.05, 4.69) is 92.9 Å². The average Bonchev–Trinajstić information content (AvgIpc) is 3.27. The molecule has 0 bridgehead atoms. The molecule has 0 radical (unpaired) electrons. The zero-order valence-electron chi connectivity index (χ0n) is 17.4. The number of pyridine rings is 1. The number of aromatic nitrogens is 2. The van der Waals surface area contributed by atoms with Crippen molar-refractivity contribution in [2.75, 3.05) is 42.9 Å². The predicted molar refractivity (Wildman–Crippen MR) is 129 cm³/mol. The van der Waals surface area contributed by atoms with Crippen molar-refractivity contribution in [2.45, 2.75) is 0 Å². The van der Waals surface area contributed by atoms with E-state index in [4.69, 9.17) is 4.98 Å². The Bertz CT molecular complexity index is 1260. The topological polar surface area (TPSA) is 44.6 Å². The van der Waals surface area contributed by atoms with Crippen LogP contribution in [0, 0.1) is 0 Å². The van der Waals surface area contributed by atoms with Crippen molar-refractivity contribution in [1.82, 2.24) is 14.7 Å². The molecule has 5 heteroatoms. The van der Waals surface area contributed by atoms with Gasteiger partial charge in [-0.3, -0.25) is 4.40 Å². The standard InChI is InChI=1S/C26H25N5/c1-3-23(22-4-2-11-28-24(22)5-1)25-18-29-26-17-20(10-14-31(25)26)19-6-8-21(9-7-19)30-15-12-27-13-16-30/h1-10,14,17-18,27-28H,11-13,15-16H2. The van der Waals surface area contributed by atoms with E-state index in [0.717, 1.165) is 44.1 Å². The van der Waals surface area contributed by atoms with Crippen LogP contribution in [0.2, 0.25) is 0 Å². The van der Waals surface area contributed by atoms with Crippen LogP contribution in [-0.2, 0) is 0 Å². The third-order valence-electron chi connectivity index (χ3n) is 6.27. The van der Waals surface area contributed by atoms with Crippen LogP contribution in [0.15, 0.2) is 73.1 Å². The fourth-order valence-electron chi connectivity index (χ4n) is 4.62. The Morgan fingerprint density at radius 3 is 2.65 bits per heavy atom. The van der Waals surface area contributed by atoms with Crippen molar-refractivity contribution < 1.29 is 0 Å². The van der Waals surface area contributed by atoms with E-state index in [1.807, 2.05) is 6.20 Å². The molecule has 0 amide bonds. The summed E-state index contributed by atoms with van der Waals surface area (Å²) in [6.07, 6.45) is 8.48. The molecule has 5 nitrogen and oxygen atoms in total. The molecular formula is C26H25N5. The monoisotopic (exact) mass is 407 g/mol. The lowest BCUT2D eigenvalue weighted by molar-refractivity contribution is 0.589. The van der Waals surface area contributed by atoms with Gasteiger partial charge in [0, 0.05) is 61.4 Å². The van der Waals surface area contributed by atoms with Gasteiger partial charge in [-0.1, -0.05) is 36.4 Å². The van der Waals surface area contributed by atoms with Gasteiger partial charge >= 0.3 is 0 Å². The number of piperazine rings is 1. The number of hydrogen-bond acceptors (Lipinski definition) is 4. The molecule has 4 aromatic rings. The molecule has 2 aromatic carbocycles. The van der Waals surface area contributed by atoms with Crippen molar-refractivity contribution in [3.63, 3.8) is 0 Å². The molecule has 1 saturated heterocycles. The van der Waals surface area contributed by atoms with Gasteiger partial charge in [-0.05, 0) is 41.5 Å². The molecule has 0 aliphatic carbocycles. The zero-order valence-corrected chi connectivity index (χ0v) is 17.4. The van der Waals surface area contributed by atoms with Gasteiger partial charge in [0.15, 0.2) is 0 Å². The van der Waals surface area contributed by atoms with Crippen molar-refractivity contribution in [3.05, 3.63) is 78.6 Å². The molecule has 0 saturated carbocycles. The van der Waals surface area contributed by atoms with E-state index in [9.17, 15) is 0 Å². The first-order chi connectivity index (χ1) is 15.4. The highest BCUT2D eigenvalue weighted by atomic mass is 15.2. The van der Waals surface area contributed by atoms with Crippen LogP contribution in [0.25, 0.3) is 34.1 Å². The molecule has 6 rings (SSSR count). The van der Waals surface area contributed by atoms with Gasteiger partial charge < -0.3 is 15.5 Å². The maximum absolute atomic E-state index is 4.72. The second-order valence-electron chi connectivity index (χ2n) is 8.12. The summed E-state index contributed by atoms with van der Waals surface area (Å²) in [5.74, 6) is 0. The summed E-state index contributed by atoms with van der Waals surface area (Å²) in [6, 6.07) is 19.7. The highest BCUT2D eigenvalue weighted by Crippen LogP contribution is 2.33. The molecule has 31 heavy (non-hydrogen) atoms. The number of nitrogens with zero attached hydrogens (tertiary/aromatic N) is 3. The molecular weight excluding hydrogens is 382 g/mol. The lowest BCUT2D eigenvalue weighted by Gasteiger charge is -2.29. The Morgan fingerprint density at radius 1 is 0.903 bits per heavy atom. The maximum Gasteiger partial charge on any atom is 0.137 e. The number of nitrogens with one attached hydrogen (secondary N) is 2. The number of imidazole rings is 1. The first kappa shape index (κ1) is 18.2. The summed E-state index contributed by atoms with van der Waals surface area (Å²) < 4.78 is 2.18. The third-order valence-corrected chi connectivity index (χ3v) is 6.27. The van der Waals surface area contributed by atoms with Crippen LogP contribution < -0.4 is 15.5 Å². The molecule has 2 aliphatic rings. The second kappa shape index (κ2) is 7.60. The maximum atomic E-state index is 4.72. The first-order valence-corrected chi connectivity index (χ1v) is 10.9. The number of anilines is 2. The van der Waals surface area contributed by atoms with E-state index in [-0.39, 0.29) is 0 Å². The normalized spacial score (nSPS) is 15.7. The smallest absolute Gasteiger partial charge is 0.137 e. The zero-order chi connectivity index (χ0) is 20.6. The number of hydrogen-bond donors (Lipinski definition) is 2. The molecule has 0 unspecified atom stereocenters. The number of fused-ring (bicyclic) bond motifs is 2. The van der Waals surface area contributed by atoms with Gasteiger partial charge in [0.05, 0.1) is 11.9 Å². The van der Waals surface area contributed by atoms with E-state index in [1.54, 1.807) is 0 Å². The van der Waals surface area contributed by atoms with Crippen LogP contribution in [0.3, 0.4) is 0 Å². The molecule has 4 heterocycles. The van der Waals surface area contributed by atoms with Gasteiger partial charge in [0.25, 0.3) is 0 Å². The van der Waals surface area contributed by atoms with Crippen LogP contribution >= 0.6 is 0 Å².